The minimum Gasteiger partial charge on any atom is -0.439 e. The van der Waals surface area contributed by atoms with Gasteiger partial charge in [-0.2, -0.15) is 0 Å². The normalized spacial score (nSPS) is 10.2. The first-order valence-corrected chi connectivity index (χ1v) is 7.07. The lowest BCUT2D eigenvalue weighted by molar-refractivity contribution is 0.102. The van der Waals surface area contributed by atoms with E-state index in [2.05, 4.69) is 10.3 Å². The van der Waals surface area contributed by atoms with E-state index in [1.165, 1.54) is 48.7 Å². The van der Waals surface area contributed by atoms with Gasteiger partial charge in [0.2, 0.25) is 5.88 Å². The fraction of sp³-hybridized carbons (Fsp3) is 0. The van der Waals surface area contributed by atoms with Gasteiger partial charge in [0.15, 0.2) is 0 Å². The smallest absolute Gasteiger partial charge is 0.258 e. The summed E-state index contributed by atoms with van der Waals surface area (Å²) in [5, 5.41) is 2.55. The van der Waals surface area contributed by atoms with Crippen molar-refractivity contribution in [1.29, 1.82) is 0 Å². The van der Waals surface area contributed by atoms with Crippen LogP contribution in [0.4, 0.5) is 14.5 Å². The Bertz CT molecular complexity index is 850. The van der Waals surface area contributed by atoms with E-state index >= 15 is 0 Å². The zero-order chi connectivity index (χ0) is 16.9. The molecule has 0 aliphatic rings. The highest BCUT2D eigenvalue weighted by Gasteiger charge is 2.11. The Morgan fingerprint density at radius 2 is 1.71 bits per heavy atom. The van der Waals surface area contributed by atoms with E-state index in [4.69, 9.17) is 4.74 Å². The molecule has 0 radical (unpaired) electrons. The van der Waals surface area contributed by atoms with Gasteiger partial charge in [-0.3, -0.25) is 4.79 Å². The first kappa shape index (κ1) is 15.6. The van der Waals surface area contributed by atoms with Gasteiger partial charge in [0.25, 0.3) is 5.91 Å². The van der Waals surface area contributed by atoms with Crippen LogP contribution in [0.2, 0.25) is 0 Å². The molecule has 0 atom stereocenters. The highest BCUT2D eigenvalue weighted by molar-refractivity contribution is 6.04. The van der Waals surface area contributed by atoms with Crippen molar-refractivity contribution in [2.45, 2.75) is 0 Å². The van der Waals surface area contributed by atoms with Crippen LogP contribution in [-0.4, -0.2) is 10.9 Å². The number of rotatable bonds is 4. The molecule has 0 unspecified atom stereocenters. The largest absolute Gasteiger partial charge is 0.439 e. The number of amides is 1. The number of hydrogen-bond acceptors (Lipinski definition) is 3. The summed E-state index contributed by atoms with van der Waals surface area (Å²) >= 11 is 0. The van der Waals surface area contributed by atoms with E-state index in [0.29, 0.717) is 11.4 Å². The van der Waals surface area contributed by atoms with Gasteiger partial charge in [0.05, 0.1) is 17.4 Å². The first-order valence-electron chi connectivity index (χ1n) is 7.07. The second-order valence-corrected chi connectivity index (χ2v) is 4.88. The van der Waals surface area contributed by atoms with E-state index in [9.17, 15) is 13.6 Å². The third-order valence-electron chi connectivity index (χ3n) is 3.15. The van der Waals surface area contributed by atoms with Gasteiger partial charge in [-0.1, -0.05) is 12.1 Å². The fourth-order valence-electron chi connectivity index (χ4n) is 1.98. The molecule has 0 saturated heterocycles. The molecule has 0 aliphatic heterocycles. The summed E-state index contributed by atoms with van der Waals surface area (Å²) in [6, 6.07) is 14.3. The van der Waals surface area contributed by atoms with Crippen molar-refractivity contribution in [3.8, 4) is 11.6 Å². The molecule has 24 heavy (non-hydrogen) atoms. The Balaban J connectivity index is 1.67. The molecule has 1 amide bonds. The van der Waals surface area contributed by atoms with Crippen molar-refractivity contribution in [2.24, 2.45) is 0 Å². The van der Waals surface area contributed by atoms with E-state index < -0.39 is 11.7 Å². The Morgan fingerprint density at radius 1 is 0.958 bits per heavy atom. The third kappa shape index (κ3) is 3.73. The number of ether oxygens (including phenoxy) is 1. The van der Waals surface area contributed by atoms with Gasteiger partial charge >= 0.3 is 0 Å². The van der Waals surface area contributed by atoms with E-state index in [-0.39, 0.29) is 17.3 Å². The van der Waals surface area contributed by atoms with Crippen LogP contribution in [-0.2, 0) is 0 Å². The summed E-state index contributed by atoms with van der Waals surface area (Å²) in [4.78, 5) is 16.0. The molecule has 4 nitrogen and oxygen atoms in total. The summed E-state index contributed by atoms with van der Waals surface area (Å²) in [5.74, 6) is -0.805. The van der Waals surface area contributed by atoms with Gasteiger partial charge in [-0.05, 0) is 42.5 Å². The molecule has 0 aliphatic carbocycles. The molecule has 1 heterocycles. The van der Waals surface area contributed by atoms with Crippen LogP contribution >= 0.6 is 0 Å². The average Bonchev–Trinajstić information content (AvgIpc) is 2.59. The number of anilines is 1. The second kappa shape index (κ2) is 6.87. The fourth-order valence-corrected chi connectivity index (χ4v) is 1.98. The van der Waals surface area contributed by atoms with Crippen molar-refractivity contribution in [1.82, 2.24) is 4.98 Å². The third-order valence-corrected chi connectivity index (χ3v) is 3.15. The number of nitrogens with zero attached hydrogens (tertiary/aromatic N) is 1. The molecule has 1 aromatic heterocycles. The zero-order valence-electron chi connectivity index (χ0n) is 12.4. The number of benzene rings is 2. The topological polar surface area (TPSA) is 51.2 Å². The Hall–Kier alpha value is -3.28. The van der Waals surface area contributed by atoms with Crippen molar-refractivity contribution in [3.63, 3.8) is 0 Å². The number of aromatic nitrogens is 1. The molecule has 0 fully saturated rings. The first-order chi connectivity index (χ1) is 11.6. The standard InChI is InChI=1S/C18H12F2N2O2/c19-12-5-8-14(9-6-12)24-17-10-7-13(11-21-17)22-18(23)15-3-1-2-4-16(15)20/h1-11H,(H,22,23). The van der Waals surface area contributed by atoms with Gasteiger partial charge < -0.3 is 10.1 Å². The minimum absolute atomic E-state index is 0.0517. The Morgan fingerprint density at radius 3 is 2.38 bits per heavy atom. The SMILES string of the molecule is O=C(Nc1ccc(Oc2ccc(F)cc2)nc1)c1ccccc1F. The number of halogens is 2. The second-order valence-electron chi connectivity index (χ2n) is 4.88. The van der Waals surface area contributed by atoms with Gasteiger partial charge in [0, 0.05) is 6.07 Å². The molecule has 3 rings (SSSR count). The molecular formula is C18H12F2N2O2. The van der Waals surface area contributed by atoms with E-state index in [1.54, 1.807) is 18.2 Å². The van der Waals surface area contributed by atoms with Crippen molar-refractivity contribution in [2.75, 3.05) is 5.32 Å². The molecule has 0 saturated carbocycles. The van der Waals surface area contributed by atoms with Gasteiger partial charge in [0.1, 0.15) is 17.4 Å². The van der Waals surface area contributed by atoms with Gasteiger partial charge in [-0.15, -0.1) is 0 Å². The quantitative estimate of drug-likeness (QED) is 0.773. The van der Waals surface area contributed by atoms with Crippen LogP contribution in [0.15, 0.2) is 66.9 Å². The van der Waals surface area contributed by atoms with Crippen LogP contribution in [0.25, 0.3) is 0 Å². The van der Waals surface area contributed by atoms with Crippen LogP contribution < -0.4 is 10.1 Å². The number of nitrogens with one attached hydrogen (secondary N) is 1. The molecule has 0 bridgehead atoms. The zero-order valence-corrected chi connectivity index (χ0v) is 12.4. The monoisotopic (exact) mass is 326 g/mol. The maximum absolute atomic E-state index is 13.6. The maximum atomic E-state index is 13.6. The summed E-state index contributed by atoms with van der Waals surface area (Å²) in [7, 11) is 0. The predicted octanol–water partition coefficient (Wildman–Crippen LogP) is 4.40. The van der Waals surface area contributed by atoms with E-state index in [1.807, 2.05) is 0 Å². The number of pyridine rings is 1. The molecular weight excluding hydrogens is 314 g/mol. The summed E-state index contributed by atoms with van der Waals surface area (Å²) in [6.07, 6.45) is 1.39. The van der Waals surface area contributed by atoms with Crippen molar-refractivity contribution in [3.05, 3.63) is 84.1 Å². The molecule has 120 valence electrons. The molecule has 3 aromatic rings. The van der Waals surface area contributed by atoms with Crippen LogP contribution in [0.1, 0.15) is 10.4 Å². The van der Waals surface area contributed by atoms with Crippen LogP contribution in [0.3, 0.4) is 0 Å². The number of carbonyl (C=O) groups excluding carboxylic acids is 1. The number of hydrogen-bond donors (Lipinski definition) is 1. The van der Waals surface area contributed by atoms with Crippen molar-refractivity contribution >= 4 is 11.6 Å². The summed E-state index contributed by atoms with van der Waals surface area (Å²) in [6.45, 7) is 0. The van der Waals surface area contributed by atoms with E-state index in [0.717, 1.165) is 0 Å². The minimum atomic E-state index is -0.598. The lowest BCUT2D eigenvalue weighted by atomic mass is 10.2. The van der Waals surface area contributed by atoms with Gasteiger partial charge in [-0.25, -0.2) is 13.8 Å². The average molecular weight is 326 g/mol. The molecule has 6 heteroatoms. The lowest BCUT2D eigenvalue weighted by Gasteiger charge is -2.07. The lowest BCUT2D eigenvalue weighted by Crippen LogP contribution is -2.13. The molecule has 0 spiro atoms. The number of carbonyl (C=O) groups is 1. The maximum Gasteiger partial charge on any atom is 0.258 e. The highest BCUT2D eigenvalue weighted by atomic mass is 19.1. The van der Waals surface area contributed by atoms with Crippen molar-refractivity contribution < 1.29 is 18.3 Å². The van der Waals surface area contributed by atoms with Crippen LogP contribution in [0, 0.1) is 11.6 Å². The molecule has 2 aromatic carbocycles. The summed E-state index contributed by atoms with van der Waals surface area (Å²) < 4.78 is 31.8. The Kier molecular flexibility index (Phi) is 4.47. The summed E-state index contributed by atoms with van der Waals surface area (Å²) in [5.41, 5.74) is 0.346. The van der Waals surface area contributed by atoms with Crippen LogP contribution in [0.5, 0.6) is 11.6 Å². The molecule has 1 N–H and O–H groups in total. The Labute approximate surface area is 136 Å². The predicted molar refractivity (Wildman–Crippen MR) is 85.1 cm³/mol. The highest BCUT2D eigenvalue weighted by Crippen LogP contribution is 2.21.